The van der Waals surface area contributed by atoms with E-state index in [1.54, 1.807) is 6.07 Å². The van der Waals surface area contributed by atoms with Crippen molar-refractivity contribution < 1.29 is 36.9 Å². The second-order valence-corrected chi connectivity index (χ2v) is 6.38. The number of methoxy groups -OCH3 is 2. The maximum atomic E-state index is 12.4. The molecule has 1 aliphatic carbocycles. The normalized spacial score (nSPS) is 18.4. The van der Waals surface area contributed by atoms with Crippen LogP contribution in [0.2, 0.25) is 0 Å². The summed E-state index contributed by atoms with van der Waals surface area (Å²) in [6, 6.07) is 5.04. The fourth-order valence-electron chi connectivity index (χ4n) is 2.78. The Kier molecular flexibility index (Phi) is 5.35. The van der Waals surface area contributed by atoms with Crippen LogP contribution in [0.25, 0.3) is 0 Å². The van der Waals surface area contributed by atoms with Crippen LogP contribution in [0.3, 0.4) is 0 Å². The first-order valence-electron chi connectivity index (χ1n) is 8.41. The number of hydrogen-bond acceptors (Lipinski definition) is 6. The molecule has 2 aromatic rings. The van der Waals surface area contributed by atoms with Crippen molar-refractivity contribution >= 4 is 5.97 Å². The SMILES string of the molecule is COC(=O)c1cnc(C2C[C@H]2C)cc1Oc1ccc(OC(F)(F)F)cc1OC. The summed E-state index contributed by atoms with van der Waals surface area (Å²) in [4.78, 5) is 16.3. The first-order valence-corrected chi connectivity index (χ1v) is 8.41. The summed E-state index contributed by atoms with van der Waals surface area (Å²) in [5.41, 5.74) is 0.864. The molecule has 0 spiro atoms. The second-order valence-electron chi connectivity index (χ2n) is 6.38. The van der Waals surface area contributed by atoms with Crippen molar-refractivity contribution in [2.75, 3.05) is 14.2 Å². The monoisotopic (exact) mass is 397 g/mol. The molecular weight excluding hydrogens is 379 g/mol. The Labute approximate surface area is 159 Å². The van der Waals surface area contributed by atoms with Gasteiger partial charge in [0, 0.05) is 29.9 Å². The van der Waals surface area contributed by atoms with Gasteiger partial charge in [-0.15, -0.1) is 13.2 Å². The minimum Gasteiger partial charge on any atom is -0.493 e. The van der Waals surface area contributed by atoms with Crippen LogP contribution < -0.4 is 14.2 Å². The summed E-state index contributed by atoms with van der Waals surface area (Å²) in [6.45, 7) is 2.09. The van der Waals surface area contributed by atoms with Crippen LogP contribution in [0.5, 0.6) is 23.0 Å². The average molecular weight is 397 g/mol. The molecule has 28 heavy (non-hydrogen) atoms. The minimum atomic E-state index is -4.83. The molecular formula is C19H18F3NO5. The molecule has 2 atom stereocenters. The van der Waals surface area contributed by atoms with Crippen molar-refractivity contribution in [3.05, 3.63) is 41.7 Å². The van der Waals surface area contributed by atoms with Crippen LogP contribution in [0.4, 0.5) is 13.2 Å². The Balaban J connectivity index is 1.94. The summed E-state index contributed by atoms with van der Waals surface area (Å²) in [5, 5.41) is 0. The molecule has 1 saturated carbocycles. The van der Waals surface area contributed by atoms with Crippen molar-refractivity contribution in [1.29, 1.82) is 0 Å². The standard InChI is InChI=1S/C19H18F3NO5/c1-10-6-12(10)14-8-16(13(9-23-14)18(24)26-3)27-15-5-4-11(7-17(15)25-2)28-19(20,21)22/h4-5,7-10,12H,6H2,1-3H3/t10-,12?/m1/s1. The molecule has 3 rings (SSSR count). The van der Waals surface area contributed by atoms with Gasteiger partial charge in [0.2, 0.25) is 0 Å². The van der Waals surface area contributed by atoms with E-state index in [4.69, 9.17) is 14.2 Å². The predicted molar refractivity (Wildman–Crippen MR) is 91.8 cm³/mol. The van der Waals surface area contributed by atoms with E-state index in [-0.39, 0.29) is 28.7 Å². The van der Waals surface area contributed by atoms with Gasteiger partial charge in [0.05, 0.1) is 14.2 Å². The zero-order chi connectivity index (χ0) is 20.5. The van der Waals surface area contributed by atoms with Gasteiger partial charge < -0.3 is 18.9 Å². The lowest BCUT2D eigenvalue weighted by Crippen LogP contribution is -2.17. The summed E-state index contributed by atoms with van der Waals surface area (Å²) in [7, 11) is 2.51. The molecule has 1 aromatic heterocycles. The molecule has 1 aromatic carbocycles. The zero-order valence-corrected chi connectivity index (χ0v) is 15.4. The number of ether oxygens (including phenoxy) is 4. The zero-order valence-electron chi connectivity index (χ0n) is 15.4. The number of nitrogens with zero attached hydrogens (tertiary/aromatic N) is 1. The summed E-state index contributed by atoms with van der Waals surface area (Å²) in [5.74, 6) is -0.0326. The maximum absolute atomic E-state index is 12.4. The number of halogens is 3. The molecule has 0 amide bonds. The average Bonchev–Trinajstić information content (AvgIpc) is 3.37. The number of pyridine rings is 1. The number of alkyl halides is 3. The Morgan fingerprint density at radius 1 is 1.14 bits per heavy atom. The Morgan fingerprint density at radius 3 is 2.43 bits per heavy atom. The fraction of sp³-hybridized carbons (Fsp3) is 0.368. The number of benzene rings is 1. The van der Waals surface area contributed by atoms with Gasteiger partial charge in [0.25, 0.3) is 0 Å². The maximum Gasteiger partial charge on any atom is 0.573 e. The molecule has 0 radical (unpaired) electrons. The van der Waals surface area contributed by atoms with E-state index in [9.17, 15) is 18.0 Å². The van der Waals surface area contributed by atoms with Gasteiger partial charge in [0.1, 0.15) is 17.1 Å². The highest BCUT2D eigenvalue weighted by molar-refractivity contribution is 5.92. The van der Waals surface area contributed by atoms with Crippen molar-refractivity contribution in [2.24, 2.45) is 5.92 Å². The van der Waals surface area contributed by atoms with Crippen LogP contribution >= 0.6 is 0 Å². The van der Waals surface area contributed by atoms with E-state index in [0.717, 1.165) is 24.2 Å². The molecule has 0 aliphatic heterocycles. The van der Waals surface area contributed by atoms with Crippen molar-refractivity contribution in [3.63, 3.8) is 0 Å². The van der Waals surface area contributed by atoms with Gasteiger partial charge in [-0.1, -0.05) is 6.92 Å². The third-order valence-electron chi connectivity index (χ3n) is 4.37. The summed E-state index contributed by atoms with van der Waals surface area (Å²) in [6.07, 6.45) is -2.47. The van der Waals surface area contributed by atoms with Crippen LogP contribution in [-0.4, -0.2) is 31.5 Å². The van der Waals surface area contributed by atoms with E-state index < -0.39 is 18.1 Å². The molecule has 1 fully saturated rings. The van der Waals surface area contributed by atoms with Crippen LogP contribution in [-0.2, 0) is 4.74 Å². The number of aromatic nitrogens is 1. The molecule has 9 heteroatoms. The van der Waals surface area contributed by atoms with Gasteiger partial charge in [-0.3, -0.25) is 4.98 Å². The van der Waals surface area contributed by atoms with Gasteiger partial charge in [-0.2, -0.15) is 0 Å². The summed E-state index contributed by atoms with van der Waals surface area (Å²) < 4.78 is 56.8. The van der Waals surface area contributed by atoms with Crippen LogP contribution in [0.15, 0.2) is 30.5 Å². The second kappa shape index (κ2) is 7.57. The summed E-state index contributed by atoms with van der Waals surface area (Å²) >= 11 is 0. The predicted octanol–water partition coefficient (Wildman–Crippen LogP) is 4.69. The third-order valence-corrected chi connectivity index (χ3v) is 4.37. The van der Waals surface area contributed by atoms with Crippen molar-refractivity contribution in [2.45, 2.75) is 25.6 Å². The molecule has 0 bridgehead atoms. The first kappa shape index (κ1) is 19.8. The topological polar surface area (TPSA) is 66.9 Å². The molecule has 1 heterocycles. The van der Waals surface area contributed by atoms with Crippen molar-refractivity contribution in [1.82, 2.24) is 4.98 Å². The smallest absolute Gasteiger partial charge is 0.493 e. The molecule has 1 aliphatic rings. The van der Waals surface area contributed by atoms with Crippen LogP contribution in [0, 0.1) is 5.92 Å². The molecule has 1 unspecified atom stereocenters. The minimum absolute atomic E-state index is 0.00992. The lowest BCUT2D eigenvalue weighted by molar-refractivity contribution is -0.274. The van der Waals surface area contributed by atoms with E-state index in [1.807, 2.05) is 0 Å². The van der Waals surface area contributed by atoms with Crippen molar-refractivity contribution in [3.8, 4) is 23.0 Å². The Hall–Kier alpha value is -2.97. The quantitative estimate of drug-likeness (QED) is 0.659. The Morgan fingerprint density at radius 2 is 1.86 bits per heavy atom. The molecule has 0 N–H and O–H groups in total. The molecule has 150 valence electrons. The van der Waals surface area contributed by atoms with Gasteiger partial charge >= 0.3 is 12.3 Å². The van der Waals surface area contributed by atoms with Gasteiger partial charge in [-0.05, 0) is 24.5 Å². The van der Waals surface area contributed by atoms with Gasteiger partial charge in [-0.25, -0.2) is 4.79 Å². The highest BCUT2D eigenvalue weighted by Gasteiger charge is 2.36. The third kappa shape index (κ3) is 4.47. The van der Waals surface area contributed by atoms with Crippen LogP contribution in [0.1, 0.15) is 35.3 Å². The van der Waals surface area contributed by atoms with Gasteiger partial charge in [0.15, 0.2) is 11.5 Å². The number of esters is 1. The first-order chi connectivity index (χ1) is 13.2. The largest absolute Gasteiger partial charge is 0.573 e. The number of rotatable bonds is 6. The number of hydrogen-bond donors (Lipinski definition) is 0. The molecule has 6 nitrogen and oxygen atoms in total. The highest BCUT2D eigenvalue weighted by atomic mass is 19.4. The lowest BCUT2D eigenvalue weighted by Gasteiger charge is -2.15. The fourth-order valence-corrected chi connectivity index (χ4v) is 2.78. The number of carbonyl (C=O) groups is 1. The van der Waals surface area contributed by atoms with E-state index in [1.165, 1.54) is 26.5 Å². The van der Waals surface area contributed by atoms with E-state index in [0.29, 0.717) is 5.92 Å². The van der Waals surface area contributed by atoms with E-state index in [2.05, 4.69) is 16.6 Å². The Bertz CT molecular complexity index is 884. The highest BCUT2D eigenvalue weighted by Crippen LogP contribution is 2.47. The molecule has 0 saturated heterocycles. The lowest BCUT2D eigenvalue weighted by atomic mass is 10.1. The van der Waals surface area contributed by atoms with E-state index >= 15 is 0 Å². The number of carbonyl (C=O) groups excluding carboxylic acids is 1.